The van der Waals surface area contributed by atoms with E-state index in [0.29, 0.717) is 37.9 Å². The third-order valence-corrected chi connectivity index (χ3v) is 8.56. The average Bonchev–Trinajstić information content (AvgIpc) is 3.47. The molecule has 1 aromatic carbocycles. The van der Waals surface area contributed by atoms with Gasteiger partial charge in [0.15, 0.2) is 0 Å². The average molecular weight is 450 g/mol. The molecule has 1 aliphatic carbocycles. The Kier molecular flexibility index (Phi) is 6.72. The minimum Gasteiger partial charge on any atom is -0.379 e. The number of hydrogen-bond donors (Lipinski definition) is 2. The molecule has 1 saturated heterocycles. The number of hydrogen-bond acceptors (Lipinski definition) is 5. The summed E-state index contributed by atoms with van der Waals surface area (Å²) in [5.41, 5.74) is 0.457. The molecule has 1 saturated carbocycles. The number of morpholine rings is 1. The predicted octanol–water partition coefficient (Wildman–Crippen LogP) is 3.82. The summed E-state index contributed by atoms with van der Waals surface area (Å²) >= 11 is 1.65. The van der Waals surface area contributed by atoms with E-state index in [1.807, 2.05) is 11.4 Å². The lowest BCUT2D eigenvalue weighted by Crippen LogP contribution is -2.40. The molecule has 4 rings (SSSR count). The molecular weight excluding hydrogens is 422 g/mol. The Labute approximate surface area is 181 Å². The van der Waals surface area contributed by atoms with Crippen LogP contribution in [0.15, 0.2) is 46.7 Å². The summed E-state index contributed by atoms with van der Waals surface area (Å²) in [7, 11) is -3.61. The topological polar surface area (TPSA) is 87.7 Å². The zero-order valence-corrected chi connectivity index (χ0v) is 18.4. The van der Waals surface area contributed by atoms with Crippen molar-refractivity contribution >= 4 is 33.1 Å². The molecule has 162 valence electrons. The van der Waals surface area contributed by atoms with Gasteiger partial charge in [-0.2, -0.15) is 4.31 Å². The Morgan fingerprint density at radius 3 is 2.60 bits per heavy atom. The van der Waals surface area contributed by atoms with Crippen LogP contribution in [-0.2, 0) is 14.8 Å². The fourth-order valence-electron chi connectivity index (χ4n) is 4.16. The van der Waals surface area contributed by atoms with Gasteiger partial charge in [0.05, 0.1) is 24.2 Å². The van der Waals surface area contributed by atoms with Crippen LogP contribution in [0, 0.1) is 5.92 Å². The number of rotatable bonds is 6. The molecule has 0 spiro atoms. The third kappa shape index (κ3) is 4.85. The van der Waals surface area contributed by atoms with Crippen molar-refractivity contribution in [3.63, 3.8) is 0 Å². The first-order valence-corrected chi connectivity index (χ1v) is 12.6. The Balaban J connectivity index is 1.46. The molecule has 30 heavy (non-hydrogen) atoms. The van der Waals surface area contributed by atoms with Crippen molar-refractivity contribution in [3.8, 4) is 0 Å². The van der Waals surface area contributed by atoms with E-state index in [1.54, 1.807) is 29.5 Å². The molecule has 9 heteroatoms. The van der Waals surface area contributed by atoms with Crippen molar-refractivity contribution in [2.45, 2.75) is 36.6 Å². The van der Waals surface area contributed by atoms with Gasteiger partial charge in [0, 0.05) is 23.7 Å². The highest BCUT2D eigenvalue weighted by Gasteiger charge is 2.29. The maximum absolute atomic E-state index is 12.9. The second-order valence-electron chi connectivity index (χ2n) is 7.68. The largest absolute Gasteiger partial charge is 0.379 e. The first-order valence-electron chi connectivity index (χ1n) is 10.3. The Hall–Kier alpha value is -1.94. The number of thiophene rings is 1. The number of urea groups is 1. The molecule has 1 aromatic heterocycles. The van der Waals surface area contributed by atoms with Gasteiger partial charge in [0.1, 0.15) is 0 Å². The van der Waals surface area contributed by atoms with Crippen molar-refractivity contribution in [2.75, 3.05) is 31.6 Å². The Morgan fingerprint density at radius 2 is 1.90 bits per heavy atom. The van der Waals surface area contributed by atoms with Gasteiger partial charge in [0.2, 0.25) is 10.0 Å². The highest BCUT2D eigenvalue weighted by atomic mass is 32.2. The minimum absolute atomic E-state index is 0.0206. The van der Waals surface area contributed by atoms with Crippen LogP contribution in [0.5, 0.6) is 0 Å². The van der Waals surface area contributed by atoms with Gasteiger partial charge < -0.3 is 15.4 Å². The summed E-state index contributed by atoms with van der Waals surface area (Å²) in [5.74, 6) is 0.433. The molecule has 0 radical (unpaired) electrons. The number of anilines is 1. The van der Waals surface area contributed by atoms with E-state index < -0.39 is 10.0 Å². The van der Waals surface area contributed by atoms with Crippen LogP contribution in [0.25, 0.3) is 0 Å². The van der Waals surface area contributed by atoms with Crippen LogP contribution in [0.3, 0.4) is 0 Å². The van der Waals surface area contributed by atoms with Crippen molar-refractivity contribution < 1.29 is 17.9 Å². The monoisotopic (exact) mass is 449 g/mol. The lowest BCUT2D eigenvalue weighted by atomic mass is 9.97. The molecule has 7 nitrogen and oxygen atoms in total. The van der Waals surface area contributed by atoms with Gasteiger partial charge in [-0.15, -0.1) is 11.3 Å². The van der Waals surface area contributed by atoms with Crippen molar-refractivity contribution in [1.82, 2.24) is 9.62 Å². The highest BCUT2D eigenvalue weighted by molar-refractivity contribution is 7.89. The second kappa shape index (κ2) is 9.47. The van der Waals surface area contributed by atoms with Crippen LogP contribution < -0.4 is 10.6 Å². The molecule has 2 aromatic rings. The maximum Gasteiger partial charge on any atom is 0.319 e. The summed E-state index contributed by atoms with van der Waals surface area (Å²) in [6, 6.07) is 10.1. The number of amides is 2. The van der Waals surface area contributed by atoms with Gasteiger partial charge in [-0.1, -0.05) is 25.0 Å². The van der Waals surface area contributed by atoms with Gasteiger partial charge in [-0.3, -0.25) is 0 Å². The normalized spacial score (nSPS) is 19.5. The zero-order chi connectivity index (χ0) is 21.0. The van der Waals surface area contributed by atoms with E-state index in [9.17, 15) is 13.2 Å². The molecule has 2 fully saturated rings. The van der Waals surface area contributed by atoms with Gasteiger partial charge in [-0.05, 0) is 48.4 Å². The van der Waals surface area contributed by atoms with Crippen LogP contribution in [0.1, 0.15) is 36.6 Å². The highest BCUT2D eigenvalue weighted by Crippen LogP contribution is 2.37. The van der Waals surface area contributed by atoms with E-state index >= 15 is 0 Å². The lowest BCUT2D eigenvalue weighted by Gasteiger charge is -2.26. The fourth-order valence-corrected chi connectivity index (χ4v) is 6.48. The molecule has 2 aliphatic rings. The standard InChI is InChI=1S/C21H27N3O4S2/c25-21(23-20(16-5-1-2-6-16)19-9-4-14-29-19)22-17-7-3-8-18(15-17)30(26,27)24-10-12-28-13-11-24/h3-4,7-9,14-16,20H,1-2,5-6,10-13H2,(H2,22,23,25). The first kappa shape index (κ1) is 21.3. The third-order valence-electron chi connectivity index (χ3n) is 5.71. The smallest absolute Gasteiger partial charge is 0.319 e. The SMILES string of the molecule is O=C(Nc1cccc(S(=O)(=O)N2CCOCC2)c1)NC(c1cccs1)C1CCCC1. The summed E-state index contributed by atoms with van der Waals surface area (Å²) in [5, 5.41) is 7.96. The lowest BCUT2D eigenvalue weighted by molar-refractivity contribution is 0.0730. The molecular formula is C21H27N3O4S2. The summed E-state index contributed by atoms with van der Waals surface area (Å²) in [4.78, 5) is 14.1. The van der Waals surface area contributed by atoms with Crippen molar-refractivity contribution in [2.24, 2.45) is 5.92 Å². The summed E-state index contributed by atoms with van der Waals surface area (Å²) in [6.45, 7) is 1.46. The van der Waals surface area contributed by atoms with Crippen LogP contribution in [-0.4, -0.2) is 45.1 Å². The minimum atomic E-state index is -3.61. The Bertz CT molecular complexity index is 950. The molecule has 2 heterocycles. The van der Waals surface area contributed by atoms with Gasteiger partial charge >= 0.3 is 6.03 Å². The fraction of sp³-hybridized carbons (Fsp3) is 0.476. The zero-order valence-electron chi connectivity index (χ0n) is 16.7. The Morgan fingerprint density at radius 1 is 1.13 bits per heavy atom. The van der Waals surface area contributed by atoms with E-state index in [4.69, 9.17) is 4.74 Å². The number of sulfonamides is 1. The van der Waals surface area contributed by atoms with E-state index in [1.165, 1.54) is 23.2 Å². The number of nitrogens with one attached hydrogen (secondary N) is 2. The summed E-state index contributed by atoms with van der Waals surface area (Å²) < 4.78 is 32.4. The van der Waals surface area contributed by atoms with E-state index in [0.717, 1.165) is 17.7 Å². The van der Waals surface area contributed by atoms with Gasteiger partial charge in [0.25, 0.3) is 0 Å². The summed E-state index contributed by atoms with van der Waals surface area (Å²) in [6.07, 6.45) is 4.60. The van der Waals surface area contributed by atoms with E-state index in [2.05, 4.69) is 16.7 Å². The number of carbonyl (C=O) groups excluding carboxylic acids is 1. The molecule has 0 bridgehead atoms. The second-order valence-corrected chi connectivity index (χ2v) is 10.6. The van der Waals surface area contributed by atoms with Crippen LogP contribution in [0.2, 0.25) is 0 Å². The number of nitrogens with zero attached hydrogens (tertiary/aromatic N) is 1. The van der Waals surface area contributed by atoms with Crippen LogP contribution in [0.4, 0.5) is 10.5 Å². The number of carbonyl (C=O) groups is 1. The maximum atomic E-state index is 12.9. The molecule has 1 unspecified atom stereocenters. The predicted molar refractivity (Wildman–Crippen MR) is 117 cm³/mol. The van der Waals surface area contributed by atoms with E-state index in [-0.39, 0.29) is 17.0 Å². The number of ether oxygens (including phenoxy) is 1. The first-order chi connectivity index (χ1) is 14.5. The molecule has 1 atom stereocenters. The molecule has 1 aliphatic heterocycles. The molecule has 2 N–H and O–H groups in total. The van der Waals surface area contributed by atoms with Crippen molar-refractivity contribution in [1.29, 1.82) is 0 Å². The van der Waals surface area contributed by atoms with Crippen molar-refractivity contribution in [3.05, 3.63) is 46.7 Å². The quantitative estimate of drug-likeness (QED) is 0.702. The van der Waals surface area contributed by atoms with Crippen LogP contribution >= 0.6 is 11.3 Å². The van der Waals surface area contributed by atoms with Gasteiger partial charge in [-0.25, -0.2) is 13.2 Å². The molecule has 2 amide bonds. The number of benzene rings is 1.